The van der Waals surface area contributed by atoms with E-state index in [-0.39, 0.29) is 17.1 Å². The van der Waals surface area contributed by atoms with E-state index < -0.39 is 5.97 Å². The lowest BCUT2D eigenvalue weighted by molar-refractivity contribution is 0.0739. The molecule has 0 radical (unpaired) electrons. The molecule has 0 spiro atoms. The number of rotatable bonds is 3. The van der Waals surface area contributed by atoms with E-state index in [9.17, 15) is 14.0 Å². The van der Waals surface area contributed by atoms with Gasteiger partial charge in [-0.05, 0) is 54.8 Å². The first kappa shape index (κ1) is 17.1. The van der Waals surface area contributed by atoms with E-state index in [4.69, 9.17) is 4.74 Å². The molecule has 0 amide bonds. The van der Waals surface area contributed by atoms with Crippen molar-refractivity contribution in [2.24, 2.45) is 0 Å². The number of ether oxygens (including phenoxy) is 1. The summed E-state index contributed by atoms with van der Waals surface area (Å²) in [5.41, 5.74) is 1.00. The maximum Gasteiger partial charge on any atom is 0.355 e. The highest BCUT2D eigenvalue weighted by molar-refractivity contribution is 7.17. The lowest BCUT2D eigenvalue weighted by atomic mass is 10.2. The van der Waals surface area contributed by atoms with Gasteiger partial charge in [0, 0.05) is 11.8 Å². The number of nitrogens with one attached hydrogen (secondary N) is 1. The van der Waals surface area contributed by atoms with Crippen LogP contribution in [0.15, 0.2) is 59.5 Å². The van der Waals surface area contributed by atoms with Gasteiger partial charge in [-0.25, -0.2) is 14.2 Å². The number of hydrogen-bond donors (Lipinski definition) is 1. The summed E-state index contributed by atoms with van der Waals surface area (Å²) in [5.74, 6) is -0.608. The Morgan fingerprint density at radius 1 is 1.15 bits per heavy atom. The molecular weight excluding hydrogens is 367 g/mol. The number of aromatic amines is 1. The minimum atomic E-state index is -0.551. The largest absolute Gasteiger partial charge is 0.422 e. The monoisotopic (exact) mass is 380 g/mol. The van der Waals surface area contributed by atoms with Crippen LogP contribution in [0, 0.1) is 12.7 Å². The van der Waals surface area contributed by atoms with Crippen LogP contribution in [0.25, 0.3) is 21.3 Å². The van der Waals surface area contributed by atoms with Crippen molar-refractivity contribution in [3.8, 4) is 16.3 Å². The molecule has 1 N–H and O–H groups in total. The number of hydrogen-bond acceptors (Lipinski definition) is 5. The molecule has 0 aliphatic heterocycles. The van der Waals surface area contributed by atoms with Crippen molar-refractivity contribution in [1.29, 1.82) is 0 Å². The fraction of sp³-hybridized carbons (Fsp3) is 0.0500. The molecule has 2 aromatic carbocycles. The van der Waals surface area contributed by atoms with Crippen molar-refractivity contribution in [3.05, 3.63) is 81.5 Å². The molecule has 27 heavy (non-hydrogen) atoms. The second kappa shape index (κ2) is 6.77. The maximum absolute atomic E-state index is 13.1. The molecule has 4 rings (SSSR count). The molecular formula is C20H13FN2O3S. The molecule has 0 fully saturated rings. The fourth-order valence-corrected chi connectivity index (χ4v) is 3.63. The number of thiazole rings is 1. The summed E-state index contributed by atoms with van der Waals surface area (Å²) in [7, 11) is 0. The number of pyridine rings is 1. The van der Waals surface area contributed by atoms with Gasteiger partial charge in [0.1, 0.15) is 21.5 Å². The molecule has 0 aliphatic rings. The lowest BCUT2D eigenvalue weighted by Crippen LogP contribution is -2.09. The van der Waals surface area contributed by atoms with Crippen LogP contribution in [0.2, 0.25) is 0 Å². The molecule has 2 aromatic heterocycles. The highest BCUT2D eigenvalue weighted by Crippen LogP contribution is 2.29. The first-order chi connectivity index (χ1) is 13.0. The summed E-state index contributed by atoms with van der Waals surface area (Å²) >= 11 is 1.18. The van der Waals surface area contributed by atoms with Gasteiger partial charge < -0.3 is 9.72 Å². The number of esters is 1. The summed E-state index contributed by atoms with van der Waals surface area (Å²) < 4.78 is 18.5. The van der Waals surface area contributed by atoms with Crippen LogP contribution in [0.4, 0.5) is 4.39 Å². The van der Waals surface area contributed by atoms with Crippen LogP contribution < -0.4 is 10.3 Å². The predicted molar refractivity (Wildman–Crippen MR) is 102 cm³/mol. The van der Waals surface area contributed by atoms with E-state index >= 15 is 0 Å². The third kappa shape index (κ3) is 3.37. The zero-order chi connectivity index (χ0) is 19.0. The Morgan fingerprint density at radius 2 is 1.93 bits per heavy atom. The first-order valence-electron chi connectivity index (χ1n) is 8.08. The van der Waals surface area contributed by atoms with Gasteiger partial charge in [0.2, 0.25) is 0 Å². The van der Waals surface area contributed by atoms with Crippen molar-refractivity contribution in [2.75, 3.05) is 0 Å². The van der Waals surface area contributed by atoms with E-state index in [0.717, 1.165) is 10.9 Å². The van der Waals surface area contributed by atoms with Crippen LogP contribution in [0.5, 0.6) is 5.75 Å². The Hall–Kier alpha value is -3.32. The quantitative estimate of drug-likeness (QED) is 0.424. The normalized spacial score (nSPS) is 10.9. The number of H-pyrrole nitrogens is 1. The van der Waals surface area contributed by atoms with Gasteiger partial charge in [-0.3, -0.25) is 4.79 Å². The van der Waals surface area contributed by atoms with Gasteiger partial charge in [-0.15, -0.1) is 11.3 Å². The SMILES string of the molecule is Cc1nc(-c2ccc(F)cc2)sc1C(=O)Oc1ccc2cc[nH]c(=O)c2c1. The number of aromatic nitrogens is 2. The maximum atomic E-state index is 13.1. The number of halogens is 1. The molecule has 7 heteroatoms. The van der Waals surface area contributed by atoms with Crippen LogP contribution in [-0.4, -0.2) is 15.9 Å². The summed E-state index contributed by atoms with van der Waals surface area (Å²) in [6.45, 7) is 1.71. The molecule has 0 atom stereocenters. The standard InChI is InChI=1S/C20H13FN2O3S/c1-11-17(27-19(23-11)13-2-5-14(21)6-3-13)20(25)26-15-7-4-12-8-9-22-18(24)16(12)10-15/h2-10H,1H3,(H,22,24). The van der Waals surface area contributed by atoms with Crippen molar-refractivity contribution < 1.29 is 13.9 Å². The van der Waals surface area contributed by atoms with Gasteiger partial charge in [-0.1, -0.05) is 6.07 Å². The predicted octanol–water partition coefficient (Wildman–Crippen LogP) is 4.32. The summed E-state index contributed by atoms with van der Waals surface area (Å²) in [6.07, 6.45) is 1.56. The van der Waals surface area contributed by atoms with E-state index in [0.29, 0.717) is 21.0 Å². The minimum absolute atomic E-state index is 0.252. The lowest BCUT2D eigenvalue weighted by Gasteiger charge is -2.04. The Kier molecular flexibility index (Phi) is 4.29. The van der Waals surface area contributed by atoms with Crippen molar-refractivity contribution in [2.45, 2.75) is 6.92 Å². The van der Waals surface area contributed by atoms with E-state index in [2.05, 4.69) is 9.97 Å². The number of benzene rings is 2. The molecule has 0 saturated heterocycles. The number of carbonyl (C=O) groups excluding carboxylic acids is 1. The zero-order valence-electron chi connectivity index (χ0n) is 14.2. The average molecular weight is 380 g/mol. The molecule has 5 nitrogen and oxygen atoms in total. The average Bonchev–Trinajstić information content (AvgIpc) is 3.05. The van der Waals surface area contributed by atoms with Gasteiger partial charge in [-0.2, -0.15) is 0 Å². The van der Waals surface area contributed by atoms with Gasteiger partial charge in [0.15, 0.2) is 0 Å². The minimum Gasteiger partial charge on any atom is -0.422 e. The Bertz CT molecular complexity index is 1210. The topological polar surface area (TPSA) is 72.0 Å². The van der Waals surface area contributed by atoms with Gasteiger partial charge in [0.25, 0.3) is 5.56 Å². The number of carbonyl (C=O) groups is 1. The smallest absolute Gasteiger partial charge is 0.355 e. The summed E-state index contributed by atoms with van der Waals surface area (Å²) in [6, 6.07) is 12.6. The van der Waals surface area contributed by atoms with Gasteiger partial charge in [0.05, 0.1) is 11.1 Å². The fourth-order valence-electron chi connectivity index (χ4n) is 2.68. The third-order valence-corrected chi connectivity index (χ3v) is 5.22. The first-order valence-corrected chi connectivity index (χ1v) is 8.90. The number of nitrogens with zero attached hydrogens (tertiary/aromatic N) is 1. The van der Waals surface area contributed by atoms with Crippen LogP contribution in [-0.2, 0) is 0 Å². The molecule has 4 aromatic rings. The Labute approximate surface area is 157 Å². The molecule has 0 unspecified atom stereocenters. The molecule has 0 bridgehead atoms. The summed E-state index contributed by atoms with van der Waals surface area (Å²) in [5, 5.41) is 1.80. The Morgan fingerprint density at radius 3 is 2.70 bits per heavy atom. The number of aryl methyl sites for hydroxylation is 1. The second-order valence-corrected chi connectivity index (χ2v) is 6.88. The van der Waals surface area contributed by atoms with Crippen LogP contribution >= 0.6 is 11.3 Å². The molecule has 0 saturated carbocycles. The molecule has 134 valence electrons. The van der Waals surface area contributed by atoms with Crippen molar-refractivity contribution >= 4 is 28.1 Å². The summed E-state index contributed by atoms with van der Waals surface area (Å²) in [4.78, 5) is 31.8. The second-order valence-electron chi connectivity index (χ2n) is 5.89. The van der Waals surface area contributed by atoms with E-state index in [1.54, 1.807) is 43.5 Å². The molecule has 0 aliphatic carbocycles. The third-order valence-electron chi connectivity index (χ3n) is 4.03. The zero-order valence-corrected chi connectivity index (χ0v) is 15.0. The van der Waals surface area contributed by atoms with Crippen LogP contribution in [0.3, 0.4) is 0 Å². The molecule has 2 heterocycles. The Balaban J connectivity index is 1.63. The number of fused-ring (bicyclic) bond motifs is 1. The van der Waals surface area contributed by atoms with Crippen LogP contribution in [0.1, 0.15) is 15.4 Å². The van der Waals surface area contributed by atoms with E-state index in [1.807, 2.05) is 0 Å². The highest BCUT2D eigenvalue weighted by atomic mass is 32.1. The highest BCUT2D eigenvalue weighted by Gasteiger charge is 2.18. The van der Waals surface area contributed by atoms with Gasteiger partial charge >= 0.3 is 5.97 Å². The van der Waals surface area contributed by atoms with Crippen molar-refractivity contribution in [1.82, 2.24) is 9.97 Å². The van der Waals surface area contributed by atoms with E-state index in [1.165, 1.54) is 29.5 Å². The van der Waals surface area contributed by atoms with Crippen molar-refractivity contribution in [3.63, 3.8) is 0 Å².